The van der Waals surface area contributed by atoms with Crippen molar-refractivity contribution >= 4 is 6.03 Å². The predicted octanol–water partition coefficient (Wildman–Crippen LogP) is 0.0392. The Bertz CT molecular complexity index is 245. The Morgan fingerprint density at radius 1 is 1.00 bits per heavy atom. The van der Waals surface area contributed by atoms with Crippen molar-refractivity contribution in [2.24, 2.45) is 0 Å². The fourth-order valence-corrected chi connectivity index (χ4v) is 2.54. The summed E-state index contributed by atoms with van der Waals surface area (Å²) in [6.07, 6.45) is 1.20. The molecule has 0 spiro atoms. The van der Waals surface area contributed by atoms with Crippen LogP contribution in [0.4, 0.5) is 4.79 Å². The van der Waals surface area contributed by atoms with E-state index >= 15 is 0 Å². The summed E-state index contributed by atoms with van der Waals surface area (Å²) in [5, 5.41) is 3.28. The Morgan fingerprint density at radius 3 is 2.18 bits per heavy atom. The number of carbonyl (C=O) groups excluding carboxylic acids is 1. The lowest BCUT2D eigenvalue weighted by molar-refractivity contribution is 0.109. The van der Waals surface area contributed by atoms with Gasteiger partial charge in [0.1, 0.15) is 0 Å². The molecule has 2 amide bonds. The topological polar surface area (TPSA) is 38.8 Å². The van der Waals surface area contributed by atoms with Crippen LogP contribution in [0.2, 0.25) is 0 Å². The molecule has 0 unspecified atom stereocenters. The molecule has 0 aromatic heterocycles. The van der Waals surface area contributed by atoms with Crippen LogP contribution in [0, 0.1) is 0 Å². The van der Waals surface area contributed by atoms with Crippen LogP contribution in [0.5, 0.6) is 0 Å². The highest BCUT2D eigenvalue weighted by Crippen LogP contribution is 2.07. The summed E-state index contributed by atoms with van der Waals surface area (Å²) in [5.74, 6) is 0. The second-order valence-electron chi connectivity index (χ2n) is 4.85. The molecule has 2 fully saturated rings. The van der Waals surface area contributed by atoms with Gasteiger partial charge in [0.25, 0.3) is 0 Å². The minimum absolute atomic E-state index is 0.239. The third kappa shape index (κ3) is 3.33. The fourth-order valence-electron chi connectivity index (χ4n) is 2.54. The monoisotopic (exact) mass is 240 g/mol. The molecule has 98 valence electrons. The van der Waals surface area contributed by atoms with Crippen LogP contribution in [0.15, 0.2) is 0 Å². The van der Waals surface area contributed by atoms with E-state index in [2.05, 4.69) is 17.1 Å². The van der Waals surface area contributed by atoms with Gasteiger partial charge in [-0.2, -0.15) is 0 Å². The second kappa shape index (κ2) is 6.21. The zero-order chi connectivity index (χ0) is 12.1. The van der Waals surface area contributed by atoms with Crippen LogP contribution in [0.25, 0.3) is 0 Å². The van der Waals surface area contributed by atoms with E-state index in [1.807, 2.05) is 9.80 Å². The summed E-state index contributed by atoms with van der Waals surface area (Å²) in [7, 11) is 0. The lowest BCUT2D eigenvalue weighted by atomic mass is 10.3. The summed E-state index contributed by atoms with van der Waals surface area (Å²) in [6.45, 7) is 10.8. The minimum atomic E-state index is 0.239. The van der Waals surface area contributed by atoms with Crippen LogP contribution in [0.3, 0.4) is 0 Å². The molecule has 0 aromatic rings. The number of nitrogens with one attached hydrogen (secondary N) is 1. The molecule has 2 rings (SSSR count). The van der Waals surface area contributed by atoms with Crippen LogP contribution < -0.4 is 5.32 Å². The highest BCUT2D eigenvalue weighted by molar-refractivity contribution is 5.74. The number of nitrogens with zero attached hydrogens (tertiary/aromatic N) is 3. The van der Waals surface area contributed by atoms with Crippen molar-refractivity contribution in [3.8, 4) is 0 Å². The van der Waals surface area contributed by atoms with Crippen LogP contribution in [-0.2, 0) is 0 Å². The number of hydrogen-bond donors (Lipinski definition) is 1. The maximum atomic E-state index is 12.2. The molecule has 2 heterocycles. The van der Waals surface area contributed by atoms with E-state index in [1.165, 1.54) is 6.42 Å². The summed E-state index contributed by atoms with van der Waals surface area (Å²) in [4.78, 5) is 18.7. The highest BCUT2D eigenvalue weighted by Gasteiger charge is 2.25. The van der Waals surface area contributed by atoms with Gasteiger partial charge in [0, 0.05) is 52.4 Å². The molecular formula is C12H24N4O. The smallest absolute Gasteiger partial charge is 0.320 e. The largest absolute Gasteiger partial charge is 0.322 e. The van der Waals surface area contributed by atoms with E-state index in [1.54, 1.807) is 0 Å². The van der Waals surface area contributed by atoms with Crippen molar-refractivity contribution in [3.05, 3.63) is 0 Å². The van der Waals surface area contributed by atoms with Gasteiger partial charge in [0.15, 0.2) is 0 Å². The zero-order valence-electron chi connectivity index (χ0n) is 10.8. The maximum absolute atomic E-state index is 12.2. The predicted molar refractivity (Wildman–Crippen MR) is 68.1 cm³/mol. The van der Waals surface area contributed by atoms with Gasteiger partial charge >= 0.3 is 6.03 Å². The molecule has 5 nitrogen and oxygen atoms in total. The van der Waals surface area contributed by atoms with E-state index in [-0.39, 0.29) is 6.03 Å². The molecule has 0 radical (unpaired) electrons. The third-order valence-corrected chi connectivity index (χ3v) is 3.57. The van der Waals surface area contributed by atoms with E-state index in [4.69, 9.17) is 0 Å². The SMILES string of the molecule is CCCN1CCN(C(=O)N2CCNCC2)CC1. The Morgan fingerprint density at radius 2 is 1.59 bits per heavy atom. The first-order valence-corrected chi connectivity index (χ1v) is 6.78. The Kier molecular flexibility index (Phi) is 4.62. The first-order valence-electron chi connectivity index (χ1n) is 6.78. The number of rotatable bonds is 2. The van der Waals surface area contributed by atoms with Crippen molar-refractivity contribution in [1.82, 2.24) is 20.0 Å². The average Bonchev–Trinajstić information content (AvgIpc) is 2.40. The van der Waals surface area contributed by atoms with E-state index < -0.39 is 0 Å². The van der Waals surface area contributed by atoms with Crippen LogP contribution >= 0.6 is 0 Å². The van der Waals surface area contributed by atoms with Gasteiger partial charge in [-0.15, -0.1) is 0 Å². The molecular weight excluding hydrogens is 216 g/mol. The zero-order valence-corrected chi connectivity index (χ0v) is 10.8. The van der Waals surface area contributed by atoms with Gasteiger partial charge in [0.05, 0.1) is 0 Å². The lowest BCUT2D eigenvalue weighted by Gasteiger charge is -2.38. The first kappa shape index (κ1) is 12.6. The molecule has 17 heavy (non-hydrogen) atoms. The van der Waals surface area contributed by atoms with Crippen LogP contribution in [-0.4, -0.2) is 79.6 Å². The quantitative estimate of drug-likeness (QED) is 0.741. The molecule has 1 N–H and O–H groups in total. The summed E-state index contributed by atoms with van der Waals surface area (Å²) >= 11 is 0. The number of urea groups is 1. The molecule has 2 aliphatic rings. The Hall–Kier alpha value is -0.810. The molecule has 0 saturated carbocycles. The Labute approximate surface area is 104 Å². The summed E-state index contributed by atoms with van der Waals surface area (Å²) in [6, 6.07) is 0.239. The van der Waals surface area contributed by atoms with Crippen molar-refractivity contribution in [2.75, 3.05) is 58.9 Å². The lowest BCUT2D eigenvalue weighted by Crippen LogP contribution is -2.56. The third-order valence-electron chi connectivity index (χ3n) is 3.57. The van der Waals surface area contributed by atoms with E-state index in [0.29, 0.717) is 0 Å². The van der Waals surface area contributed by atoms with Gasteiger partial charge in [-0.25, -0.2) is 4.79 Å². The van der Waals surface area contributed by atoms with Crippen molar-refractivity contribution in [2.45, 2.75) is 13.3 Å². The van der Waals surface area contributed by atoms with Gasteiger partial charge in [-0.3, -0.25) is 4.90 Å². The van der Waals surface area contributed by atoms with Gasteiger partial charge in [-0.1, -0.05) is 6.92 Å². The summed E-state index contributed by atoms with van der Waals surface area (Å²) in [5.41, 5.74) is 0. The molecule has 2 aliphatic heterocycles. The van der Waals surface area contributed by atoms with E-state index in [0.717, 1.165) is 58.9 Å². The molecule has 2 saturated heterocycles. The van der Waals surface area contributed by atoms with E-state index in [9.17, 15) is 4.79 Å². The fraction of sp³-hybridized carbons (Fsp3) is 0.917. The molecule has 0 aliphatic carbocycles. The highest BCUT2D eigenvalue weighted by atomic mass is 16.2. The van der Waals surface area contributed by atoms with Gasteiger partial charge in [-0.05, 0) is 13.0 Å². The number of piperazine rings is 2. The number of amides is 2. The standard InChI is InChI=1S/C12H24N4O/c1-2-5-14-8-10-16(11-9-14)12(17)15-6-3-13-4-7-15/h13H,2-11H2,1H3. The second-order valence-corrected chi connectivity index (χ2v) is 4.85. The number of hydrogen-bond acceptors (Lipinski definition) is 3. The minimum Gasteiger partial charge on any atom is -0.322 e. The summed E-state index contributed by atoms with van der Waals surface area (Å²) < 4.78 is 0. The number of carbonyl (C=O) groups is 1. The Balaban J connectivity index is 1.77. The van der Waals surface area contributed by atoms with Crippen molar-refractivity contribution in [3.63, 3.8) is 0 Å². The molecule has 0 bridgehead atoms. The first-order chi connectivity index (χ1) is 8.31. The van der Waals surface area contributed by atoms with Crippen molar-refractivity contribution in [1.29, 1.82) is 0 Å². The molecule has 5 heteroatoms. The van der Waals surface area contributed by atoms with Crippen LogP contribution in [0.1, 0.15) is 13.3 Å². The van der Waals surface area contributed by atoms with Crippen molar-refractivity contribution < 1.29 is 4.79 Å². The maximum Gasteiger partial charge on any atom is 0.320 e. The molecule has 0 atom stereocenters. The van der Waals surface area contributed by atoms with Gasteiger partial charge < -0.3 is 15.1 Å². The normalized spacial score (nSPS) is 22.9. The van der Waals surface area contributed by atoms with Gasteiger partial charge in [0.2, 0.25) is 0 Å². The average molecular weight is 240 g/mol. The molecule has 0 aromatic carbocycles.